The molecule has 3 fully saturated rings. The van der Waals surface area contributed by atoms with Crippen LogP contribution in [0.5, 0.6) is 0 Å². The van der Waals surface area contributed by atoms with Gasteiger partial charge in [0.2, 0.25) is 5.91 Å². The summed E-state index contributed by atoms with van der Waals surface area (Å²) >= 11 is 0. The third kappa shape index (κ3) is 4.52. The Kier molecular flexibility index (Phi) is 6.13. The minimum absolute atomic E-state index is 0.00865. The normalized spacial score (nSPS) is 30.1. The number of benzene rings is 1. The van der Waals surface area contributed by atoms with E-state index in [-0.39, 0.29) is 30.0 Å². The number of halogens is 3. The van der Waals surface area contributed by atoms with Crippen LogP contribution in [0, 0.1) is 0 Å². The first-order chi connectivity index (χ1) is 14.3. The van der Waals surface area contributed by atoms with Crippen molar-refractivity contribution in [3.05, 3.63) is 35.4 Å². The summed E-state index contributed by atoms with van der Waals surface area (Å²) in [5.41, 5.74) is -0.344. The number of rotatable bonds is 4. The van der Waals surface area contributed by atoms with Crippen LogP contribution in [0.15, 0.2) is 24.3 Å². The fraction of sp³-hybridized carbons (Fsp3) is 0.696. The average Bonchev–Trinajstić information content (AvgIpc) is 3.40. The molecular formula is C23H31F3N2O2. The van der Waals surface area contributed by atoms with Gasteiger partial charge in [-0.3, -0.25) is 9.69 Å². The minimum atomic E-state index is -4.40. The number of likely N-dealkylation sites (tertiary alicyclic amines) is 1. The molecule has 1 aromatic carbocycles. The van der Waals surface area contributed by atoms with Gasteiger partial charge in [0.1, 0.15) is 0 Å². The van der Waals surface area contributed by atoms with E-state index in [9.17, 15) is 18.0 Å². The van der Waals surface area contributed by atoms with Crippen molar-refractivity contribution < 1.29 is 22.7 Å². The summed E-state index contributed by atoms with van der Waals surface area (Å²) in [5, 5.41) is 0. The molecular weight excluding hydrogens is 393 g/mol. The first-order valence-electron chi connectivity index (χ1n) is 11.1. The first-order valence-corrected chi connectivity index (χ1v) is 11.1. The van der Waals surface area contributed by atoms with Gasteiger partial charge in [-0.05, 0) is 69.7 Å². The van der Waals surface area contributed by atoms with Gasteiger partial charge in [-0.25, -0.2) is 0 Å². The molecule has 3 unspecified atom stereocenters. The Morgan fingerprint density at radius 3 is 2.67 bits per heavy atom. The monoisotopic (exact) mass is 424 g/mol. The average molecular weight is 425 g/mol. The standard InChI is InChI=1S/C23H31F3N2O2/c1-27(21(29)15-17-6-4-7-18(14-17)23(24,25)26)19-8-10-22(9-5-13-30-22)16-20(19)28-11-2-3-12-28/h4,6-7,14,19-20H,2-3,5,8-13,15-16H2,1H3. The molecule has 4 rings (SSSR count). The third-order valence-corrected chi connectivity index (χ3v) is 7.22. The molecule has 1 aliphatic carbocycles. The summed E-state index contributed by atoms with van der Waals surface area (Å²) in [6.45, 7) is 2.92. The molecule has 2 saturated heterocycles. The SMILES string of the molecule is CN(C(=O)Cc1cccc(C(F)(F)F)c1)C1CCC2(CCCO2)CC1N1CCCC1. The maximum absolute atomic E-state index is 13.0. The maximum Gasteiger partial charge on any atom is 0.416 e. The van der Waals surface area contributed by atoms with Gasteiger partial charge in [0.15, 0.2) is 0 Å². The van der Waals surface area contributed by atoms with E-state index in [2.05, 4.69) is 4.90 Å². The van der Waals surface area contributed by atoms with Crippen LogP contribution in [0.2, 0.25) is 0 Å². The van der Waals surface area contributed by atoms with Crippen LogP contribution in [0.3, 0.4) is 0 Å². The zero-order chi connectivity index (χ0) is 21.4. The molecule has 166 valence electrons. The van der Waals surface area contributed by atoms with Gasteiger partial charge >= 0.3 is 6.18 Å². The van der Waals surface area contributed by atoms with E-state index < -0.39 is 11.7 Å². The Labute approximate surface area is 176 Å². The molecule has 0 aromatic heterocycles. The second-order valence-electron chi connectivity index (χ2n) is 9.14. The van der Waals surface area contributed by atoms with Crippen LogP contribution in [-0.4, -0.2) is 60.1 Å². The van der Waals surface area contributed by atoms with Crippen molar-refractivity contribution in [2.45, 2.75) is 75.2 Å². The first kappa shape index (κ1) is 21.6. The molecule has 4 nitrogen and oxygen atoms in total. The lowest BCUT2D eigenvalue weighted by atomic mass is 9.76. The zero-order valence-corrected chi connectivity index (χ0v) is 17.6. The molecule has 1 saturated carbocycles. The van der Waals surface area contributed by atoms with Gasteiger partial charge in [0, 0.05) is 25.7 Å². The van der Waals surface area contributed by atoms with E-state index in [1.165, 1.54) is 18.9 Å². The van der Waals surface area contributed by atoms with Gasteiger partial charge in [-0.15, -0.1) is 0 Å². The third-order valence-electron chi connectivity index (χ3n) is 7.22. The molecule has 0 bridgehead atoms. The van der Waals surface area contributed by atoms with Crippen molar-refractivity contribution in [1.82, 2.24) is 9.80 Å². The van der Waals surface area contributed by atoms with Crippen LogP contribution in [-0.2, 0) is 22.1 Å². The smallest absolute Gasteiger partial charge is 0.375 e. The molecule has 0 radical (unpaired) electrons. The Morgan fingerprint density at radius 2 is 2.00 bits per heavy atom. The van der Waals surface area contributed by atoms with Gasteiger partial charge in [-0.1, -0.05) is 18.2 Å². The highest BCUT2D eigenvalue weighted by Crippen LogP contribution is 2.43. The van der Waals surface area contributed by atoms with Crippen LogP contribution in [0.4, 0.5) is 13.2 Å². The molecule has 1 aromatic rings. The van der Waals surface area contributed by atoms with Gasteiger partial charge in [0.05, 0.1) is 17.6 Å². The lowest BCUT2D eigenvalue weighted by molar-refractivity contribution is -0.138. The second kappa shape index (κ2) is 8.50. The van der Waals surface area contributed by atoms with Crippen LogP contribution in [0.1, 0.15) is 56.1 Å². The number of nitrogens with zero attached hydrogens (tertiary/aromatic N) is 2. The largest absolute Gasteiger partial charge is 0.416 e. The van der Waals surface area contributed by atoms with Crippen molar-refractivity contribution in [3.8, 4) is 0 Å². The van der Waals surface area contributed by atoms with Gasteiger partial charge < -0.3 is 9.64 Å². The number of carbonyl (C=O) groups is 1. The van der Waals surface area contributed by atoms with Crippen LogP contribution in [0.25, 0.3) is 0 Å². The fourth-order valence-corrected chi connectivity index (χ4v) is 5.58. The highest BCUT2D eigenvalue weighted by molar-refractivity contribution is 5.79. The molecule has 2 heterocycles. The van der Waals surface area contributed by atoms with Crippen molar-refractivity contribution in [2.75, 3.05) is 26.7 Å². The van der Waals surface area contributed by atoms with E-state index in [4.69, 9.17) is 4.74 Å². The summed E-state index contributed by atoms with van der Waals surface area (Å²) in [5.74, 6) is -0.119. The van der Waals surface area contributed by atoms with E-state index >= 15 is 0 Å². The Morgan fingerprint density at radius 1 is 1.23 bits per heavy atom. The number of ether oxygens (including phenoxy) is 1. The summed E-state index contributed by atoms with van der Waals surface area (Å²) in [4.78, 5) is 17.3. The highest BCUT2D eigenvalue weighted by atomic mass is 19.4. The van der Waals surface area contributed by atoms with E-state index in [1.807, 2.05) is 7.05 Å². The van der Waals surface area contributed by atoms with Crippen LogP contribution < -0.4 is 0 Å². The molecule has 30 heavy (non-hydrogen) atoms. The zero-order valence-electron chi connectivity index (χ0n) is 17.6. The summed E-state index contributed by atoms with van der Waals surface area (Å²) in [6, 6.07) is 5.45. The Balaban J connectivity index is 1.48. The van der Waals surface area contributed by atoms with E-state index in [0.29, 0.717) is 5.56 Å². The predicted octanol–water partition coefficient (Wildman–Crippen LogP) is 4.27. The Bertz CT molecular complexity index is 755. The summed E-state index contributed by atoms with van der Waals surface area (Å²) in [7, 11) is 1.82. The molecule has 0 N–H and O–H groups in total. The molecule has 3 aliphatic rings. The molecule has 2 aliphatic heterocycles. The molecule has 1 amide bonds. The second-order valence-corrected chi connectivity index (χ2v) is 9.14. The topological polar surface area (TPSA) is 32.8 Å². The maximum atomic E-state index is 13.0. The molecule has 3 atom stereocenters. The molecule has 1 spiro atoms. The lowest BCUT2D eigenvalue weighted by Gasteiger charge is -2.48. The lowest BCUT2D eigenvalue weighted by Crippen LogP contribution is -2.58. The Hall–Kier alpha value is -1.60. The quantitative estimate of drug-likeness (QED) is 0.724. The van der Waals surface area contributed by atoms with Gasteiger partial charge in [-0.2, -0.15) is 13.2 Å². The van der Waals surface area contributed by atoms with Crippen LogP contribution >= 0.6 is 0 Å². The molecule has 7 heteroatoms. The van der Waals surface area contributed by atoms with Crippen molar-refractivity contribution in [2.24, 2.45) is 0 Å². The van der Waals surface area contributed by atoms with Gasteiger partial charge in [0.25, 0.3) is 0 Å². The number of likely N-dealkylation sites (N-methyl/N-ethyl adjacent to an activating group) is 1. The predicted molar refractivity (Wildman–Crippen MR) is 108 cm³/mol. The van der Waals surface area contributed by atoms with Crippen molar-refractivity contribution in [1.29, 1.82) is 0 Å². The fourth-order valence-electron chi connectivity index (χ4n) is 5.58. The van der Waals surface area contributed by atoms with Crippen molar-refractivity contribution in [3.63, 3.8) is 0 Å². The number of hydrogen-bond acceptors (Lipinski definition) is 3. The number of carbonyl (C=O) groups excluding carboxylic acids is 1. The van der Waals surface area contributed by atoms with Crippen molar-refractivity contribution >= 4 is 5.91 Å². The van der Waals surface area contributed by atoms with E-state index in [0.717, 1.165) is 63.9 Å². The highest BCUT2D eigenvalue weighted by Gasteiger charge is 2.47. The summed E-state index contributed by atoms with van der Waals surface area (Å²) in [6.07, 6.45) is 2.91. The van der Waals surface area contributed by atoms with E-state index in [1.54, 1.807) is 11.0 Å². The number of hydrogen-bond donors (Lipinski definition) is 0. The minimum Gasteiger partial charge on any atom is -0.375 e. The number of alkyl halides is 3. The number of amides is 1. The summed E-state index contributed by atoms with van der Waals surface area (Å²) < 4.78 is 45.2.